The van der Waals surface area contributed by atoms with E-state index in [0.717, 1.165) is 16.7 Å². The number of nitrogens with zero attached hydrogens (tertiary/aromatic N) is 1. The van der Waals surface area contributed by atoms with Gasteiger partial charge in [-0.3, -0.25) is 10.1 Å². The molecule has 1 amide bonds. The van der Waals surface area contributed by atoms with Crippen molar-refractivity contribution in [1.82, 2.24) is 0 Å². The lowest BCUT2D eigenvalue weighted by atomic mass is 10.0. The van der Waals surface area contributed by atoms with Crippen LogP contribution in [0.5, 0.6) is 0 Å². The summed E-state index contributed by atoms with van der Waals surface area (Å²) in [5.74, 6) is -0.252. The van der Waals surface area contributed by atoms with E-state index in [9.17, 15) is 9.59 Å². The molecule has 0 atom stereocenters. The summed E-state index contributed by atoms with van der Waals surface area (Å²) in [6.07, 6.45) is 3.74. The Morgan fingerprint density at radius 1 is 0.912 bits per heavy atom. The van der Waals surface area contributed by atoms with Crippen molar-refractivity contribution in [2.45, 2.75) is 46.3 Å². The molecule has 180 valence electrons. The van der Waals surface area contributed by atoms with E-state index in [-0.39, 0.29) is 29.4 Å². The first-order valence-corrected chi connectivity index (χ1v) is 11.0. The summed E-state index contributed by atoms with van der Waals surface area (Å²) < 4.78 is 12.5. The highest BCUT2D eigenvalue weighted by molar-refractivity contribution is 5.85. The average molecular weight is 527 g/mol. The predicted molar refractivity (Wildman–Crippen MR) is 128 cm³/mol. The van der Waals surface area contributed by atoms with Gasteiger partial charge in [-0.25, -0.2) is 4.79 Å². The summed E-state index contributed by atoms with van der Waals surface area (Å²) in [6, 6.07) is 19.7. The topological polar surface area (TPSA) is 68.5 Å². The van der Waals surface area contributed by atoms with E-state index in [4.69, 9.17) is 9.47 Å². The van der Waals surface area contributed by atoms with Crippen LogP contribution in [0, 0.1) is 0 Å². The third-order valence-electron chi connectivity index (χ3n) is 4.70. The molecule has 1 N–H and O–H groups in total. The number of aromatic nitrogens is 1. The van der Waals surface area contributed by atoms with Crippen molar-refractivity contribution in [3.63, 3.8) is 0 Å². The van der Waals surface area contributed by atoms with Crippen LogP contribution >= 0.6 is 0 Å². The summed E-state index contributed by atoms with van der Waals surface area (Å²) in [5, 5.41) is 2.75. The monoisotopic (exact) mass is 526 g/mol. The molecule has 0 aliphatic rings. The molecular formula is C27H31BrN2O4. The number of hydrogen-bond acceptors (Lipinski definition) is 4. The smallest absolute Gasteiger partial charge is 0.412 e. The highest BCUT2D eigenvalue weighted by Gasteiger charge is 2.17. The molecule has 3 rings (SSSR count). The van der Waals surface area contributed by atoms with E-state index in [1.165, 1.54) is 5.56 Å². The van der Waals surface area contributed by atoms with Crippen LogP contribution in [-0.4, -0.2) is 24.3 Å². The first-order chi connectivity index (χ1) is 15.7. The highest BCUT2D eigenvalue weighted by Crippen LogP contribution is 2.22. The minimum absolute atomic E-state index is 0. The molecule has 0 fully saturated rings. The third kappa shape index (κ3) is 8.63. The molecule has 0 aliphatic heterocycles. The van der Waals surface area contributed by atoms with Gasteiger partial charge in [0, 0.05) is 22.4 Å². The van der Waals surface area contributed by atoms with Crippen LogP contribution in [0.3, 0.4) is 0 Å². The number of carbonyl (C=O) groups excluding carboxylic acids is 2. The molecule has 0 unspecified atom stereocenters. The number of pyridine rings is 1. The van der Waals surface area contributed by atoms with Crippen LogP contribution in [0.4, 0.5) is 10.5 Å². The van der Waals surface area contributed by atoms with Gasteiger partial charge in [-0.1, -0.05) is 42.5 Å². The Labute approximate surface area is 211 Å². The Hall–Kier alpha value is -3.19. The summed E-state index contributed by atoms with van der Waals surface area (Å²) in [7, 11) is 0. The van der Waals surface area contributed by atoms with Gasteiger partial charge in [0.2, 0.25) is 0 Å². The summed E-state index contributed by atoms with van der Waals surface area (Å²) >= 11 is 0. The van der Waals surface area contributed by atoms with Gasteiger partial charge >= 0.3 is 12.1 Å². The van der Waals surface area contributed by atoms with E-state index >= 15 is 0 Å². The molecule has 7 heteroatoms. The SMILES string of the molecule is CCOC(=O)Cc1cc(-c2ccc(NC(=O)OC(C)(C)C)cc2)c[n+](Cc2ccccc2)c1.[Br-]. The van der Waals surface area contributed by atoms with E-state index < -0.39 is 11.7 Å². The number of carbonyl (C=O) groups is 2. The average Bonchev–Trinajstić information content (AvgIpc) is 2.73. The summed E-state index contributed by atoms with van der Waals surface area (Å²) in [4.78, 5) is 24.1. The van der Waals surface area contributed by atoms with Crippen molar-refractivity contribution < 1.29 is 40.6 Å². The number of hydrogen-bond donors (Lipinski definition) is 1. The zero-order valence-corrected chi connectivity index (χ0v) is 21.6. The highest BCUT2D eigenvalue weighted by atomic mass is 79.9. The van der Waals surface area contributed by atoms with Crippen LogP contribution < -0.4 is 26.9 Å². The van der Waals surface area contributed by atoms with Crippen LogP contribution in [0.25, 0.3) is 11.1 Å². The maximum absolute atomic E-state index is 12.1. The molecule has 0 bridgehead atoms. The second-order valence-electron chi connectivity index (χ2n) is 8.78. The predicted octanol–water partition coefficient (Wildman–Crippen LogP) is 2.15. The van der Waals surface area contributed by atoms with Crippen molar-refractivity contribution in [1.29, 1.82) is 0 Å². The van der Waals surface area contributed by atoms with Gasteiger partial charge in [-0.15, -0.1) is 0 Å². The number of halogens is 1. The van der Waals surface area contributed by atoms with Crippen molar-refractivity contribution in [2.75, 3.05) is 11.9 Å². The van der Waals surface area contributed by atoms with E-state index in [1.54, 1.807) is 6.92 Å². The fourth-order valence-electron chi connectivity index (χ4n) is 3.39. The standard InChI is InChI=1S/C27H30N2O4.BrH/c1-5-32-25(30)16-21-15-23(19-29(18-21)17-20-9-7-6-8-10-20)22-11-13-24(14-12-22)28-26(31)33-27(2,3)4;/h6-15,18-19H,5,16-17H2,1-4H3;1H. The Kier molecular flexibility index (Phi) is 9.81. The van der Waals surface area contributed by atoms with Gasteiger partial charge in [-0.2, -0.15) is 4.57 Å². The molecule has 0 saturated carbocycles. The third-order valence-corrected chi connectivity index (χ3v) is 4.70. The molecule has 0 spiro atoms. The molecule has 1 heterocycles. The first kappa shape index (κ1) is 27.1. The molecule has 0 saturated heterocycles. The van der Waals surface area contributed by atoms with Crippen molar-refractivity contribution >= 4 is 17.7 Å². The second-order valence-corrected chi connectivity index (χ2v) is 8.78. The maximum atomic E-state index is 12.1. The molecule has 0 radical (unpaired) electrons. The minimum atomic E-state index is -0.560. The normalized spacial score (nSPS) is 10.7. The zero-order valence-electron chi connectivity index (χ0n) is 20.0. The van der Waals surface area contributed by atoms with Gasteiger partial charge in [0.05, 0.1) is 13.0 Å². The lowest BCUT2D eigenvalue weighted by Crippen LogP contribution is -3.00. The number of esters is 1. The lowest BCUT2D eigenvalue weighted by Gasteiger charge is -2.19. The Morgan fingerprint density at radius 2 is 1.59 bits per heavy atom. The molecular weight excluding hydrogens is 496 g/mol. The Balaban J connectivity index is 0.00000408. The van der Waals surface area contributed by atoms with Crippen molar-refractivity contribution in [3.05, 3.63) is 84.2 Å². The maximum Gasteiger partial charge on any atom is 0.412 e. The van der Waals surface area contributed by atoms with Gasteiger partial charge in [0.15, 0.2) is 18.9 Å². The Morgan fingerprint density at radius 3 is 2.21 bits per heavy atom. The number of anilines is 1. The molecule has 3 aromatic rings. The number of rotatable bonds is 7. The number of nitrogens with one attached hydrogen (secondary N) is 1. The van der Waals surface area contributed by atoms with Crippen LogP contribution in [0.15, 0.2) is 73.1 Å². The van der Waals surface area contributed by atoms with Crippen LogP contribution in [0.1, 0.15) is 38.8 Å². The van der Waals surface area contributed by atoms with Crippen LogP contribution in [-0.2, 0) is 27.2 Å². The molecule has 2 aromatic carbocycles. The van der Waals surface area contributed by atoms with E-state index in [1.807, 2.05) is 75.5 Å². The largest absolute Gasteiger partial charge is 1.00 e. The summed E-state index contributed by atoms with van der Waals surface area (Å²) in [5.41, 5.74) is 4.06. The number of amides is 1. The van der Waals surface area contributed by atoms with Gasteiger partial charge in [0.1, 0.15) is 5.60 Å². The molecule has 6 nitrogen and oxygen atoms in total. The fourth-order valence-corrected chi connectivity index (χ4v) is 3.39. The van der Waals surface area contributed by atoms with Gasteiger partial charge in [0.25, 0.3) is 0 Å². The second kappa shape index (κ2) is 12.3. The number of benzene rings is 2. The first-order valence-electron chi connectivity index (χ1n) is 11.0. The Bertz CT molecular complexity index is 1090. The van der Waals surface area contributed by atoms with Gasteiger partial charge in [-0.05, 0) is 51.5 Å². The van der Waals surface area contributed by atoms with Gasteiger partial charge < -0.3 is 26.5 Å². The van der Waals surface area contributed by atoms with E-state index in [2.05, 4.69) is 28.2 Å². The van der Waals surface area contributed by atoms with E-state index in [0.29, 0.717) is 18.8 Å². The molecule has 1 aromatic heterocycles. The number of ether oxygens (including phenoxy) is 2. The van der Waals surface area contributed by atoms with Crippen molar-refractivity contribution in [3.8, 4) is 11.1 Å². The zero-order chi connectivity index (χ0) is 23.8. The van der Waals surface area contributed by atoms with Crippen molar-refractivity contribution in [2.24, 2.45) is 0 Å². The quantitative estimate of drug-likeness (QED) is 0.378. The molecule has 0 aliphatic carbocycles. The minimum Gasteiger partial charge on any atom is -1.00 e. The summed E-state index contributed by atoms with van der Waals surface area (Å²) in [6.45, 7) is 8.31. The molecule has 34 heavy (non-hydrogen) atoms. The van der Waals surface area contributed by atoms with Crippen LogP contribution in [0.2, 0.25) is 0 Å². The lowest BCUT2D eigenvalue weighted by molar-refractivity contribution is -0.688. The fraction of sp³-hybridized carbons (Fsp3) is 0.296.